The van der Waals surface area contributed by atoms with Crippen molar-refractivity contribution < 1.29 is 9.72 Å². The number of anilines is 1. The van der Waals surface area contributed by atoms with Crippen molar-refractivity contribution in [2.75, 3.05) is 4.90 Å². The number of pyridine rings is 1. The molecule has 3 atom stereocenters. The van der Waals surface area contributed by atoms with Crippen LogP contribution >= 0.6 is 0 Å². The first kappa shape index (κ1) is 22.9. The molecule has 3 heterocycles. The maximum atomic E-state index is 14.3. The van der Waals surface area contributed by atoms with Gasteiger partial charge in [0.2, 0.25) is 0 Å². The molecule has 0 radical (unpaired) electrons. The lowest BCUT2D eigenvalue weighted by molar-refractivity contribution is -0.384. The number of benzene rings is 2. The highest BCUT2D eigenvalue weighted by molar-refractivity contribution is 6.05. The summed E-state index contributed by atoms with van der Waals surface area (Å²) in [6, 6.07) is 17.7. The molecule has 1 aromatic heterocycles. The molecular weight excluding hydrogens is 454 g/mol. The minimum absolute atomic E-state index is 0.169. The Morgan fingerprint density at radius 3 is 2.58 bits per heavy atom. The first-order chi connectivity index (χ1) is 17.3. The first-order valence-corrected chi connectivity index (χ1v) is 11.4. The smallest absolute Gasteiger partial charge is 0.269 e. The molecule has 0 saturated carbocycles. The fraction of sp³-hybridized carbons (Fsp3) is 0.214. The van der Waals surface area contributed by atoms with Gasteiger partial charge in [-0.25, -0.2) is 0 Å². The number of nitrogens with zero attached hydrogens (tertiary/aromatic N) is 5. The number of carbonyl (C=O) groups is 1. The van der Waals surface area contributed by atoms with Gasteiger partial charge in [0.15, 0.2) is 11.2 Å². The summed E-state index contributed by atoms with van der Waals surface area (Å²) in [5.74, 6) is -1.21. The Bertz CT molecular complexity index is 1520. The van der Waals surface area contributed by atoms with Crippen molar-refractivity contribution in [3.63, 3.8) is 0 Å². The van der Waals surface area contributed by atoms with Gasteiger partial charge >= 0.3 is 0 Å². The normalized spacial score (nSPS) is 21.1. The number of ketones is 1. The van der Waals surface area contributed by atoms with E-state index in [2.05, 4.69) is 17.1 Å². The molecular formula is C28H21N5O3. The van der Waals surface area contributed by atoms with Gasteiger partial charge in [0.25, 0.3) is 5.69 Å². The highest BCUT2D eigenvalue weighted by Crippen LogP contribution is 2.55. The molecule has 0 spiro atoms. The van der Waals surface area contributed by atoms with Crippen LogP contribution in [-0.4, -0.2) is 27.8 Å². The lowest BCUT2D eigenvalue weighted by Gasteiger charge is -2.35. The molecule has 0 amide bonds. The van der Waals surface area contributed by atoms with Crippen LogP contribution in [0.25, 0.3) is 6.08 Å². The number of nitro groups is 1. The summed E-state index contributed by atoms with van der Waals surface area (Å²) in [5, 5.41) is 32.5. The Hall–Kier alpha value is -4.82. The molecule has 2 aliphatic rings. The molecule has 1 saturated heterocycles. The van der Waals surface area contributed by atoms with Crippen molar-refractivity contribution >= 4 is 23.2 Å². The Kier molecular flexibility index (Phi) is 5.38. The predicted octanol–water partition coefficient (Wildman–Crippen LogP) is 4.89. The van der Waals surface area contributed by atoms with Crippen LogP contribution in [-0.2, 0) is 0 Å². The van der Waals surface area contributed by atoms with Crippen LogP contribution in [0.4, 0.5) is 11.4 Å². The summed E-state index contributed by atoms with van der Waals surface area (Å²) >= 11 is 0. The minimum Gasteiger partial charge on any atom is -0.349 e. The molecule has 0 N–H and O–H groups in total. The molecule has 8 heteroatoms. The number of hydrogen-bond donors (Lipinski definition) is 0. The molecule has 5 rings (SSSR count). The SMILES string of the molecule is Cc1ccc(C(=O)[C@H]2[C@H](c3cccc([N+](=O)[O-])c3)C(C#N)(C#N)[C@H]3C=Cc4ncccc4N23)c(C)c1. The lowest BCUT2D eigenvalue weighted by Crippen LogP contribution is -2.44. The van der Waals surface area contributed by atoms with E-state index in [1.165, 1.54) is 18.2 Å². The van der Waals surface area contributed by atoms with Crippen LogP contribution in [0.1, 0.15) is 38.7 Å². The average Bonchev–Trinajstić information content (AvgIpc) is 3.19. The number of rotatable bonds is 4. The van der Waals surface area contributed by atoms with E-state index >= 15 is 0 Å². The van der Waals surface area contributed by atoms with E-state index in [9.17, 15) is 25.4 Å². The van der Waals surface area contributed by atoms with Gasteiger partial charge in [-0.1, -0.05) is 42.0 Å². The molecule has 2 aliphatic heterocycles. The van der Waals surface area contributed by atoms with Crippen molar-refractivity contribution in [2.45, 2.75) is 31.8 Å². The number of non-ortho nitro benzene ring substituents is 1. The van der Waals surface area contributed by atoms with Gasteiger partial charge in [0, 0.05) is 29.8 Å². The summed E-state index contributed by atoms with van der Waals surface area (Å²) in [6.45, 7) is 3.79. The number of nitriles is 2. The lowest BCUT2D eigenvalue weighted by atomic mass is 9.69. The Morgan fingerprint density at radius 1 is 1.11 bits per heavy atom. The summed E-state index contributed by atoms with van der Waals surface area (Å²) in [4.78, 5) is 31.6. The number of carbonyl (C=O) groups excluding carboxylic acids is 1. The number of aryl methyl sites for hydroxylation is 2. The number of nitro benzene ring substituents is 1. The zero-order valence-electron chi connectivity index (χ0n) is 19.6. The largest absolute Gasteiger partial charge is 0.349 e. The maximum absolute atomic E-state index is 14.3. The number of fused-ring (bicyclic) bond motifs is 3. The van der Waals surface area contributed by atoms with E-state index < -0.39 is 28.3 Å². The monoisotopic (exact) mass is 475 g/mol. The van der Waals surface area contributed by atoms with Gasteiger partial charge in [-0.15, -0.1) is 0 Å². The highest BCUT2D eigenvalue weighted by atomic mass is 16.6. The van der Waals surface area contributed by atoms with Crippen molar-refractivity contribution in [2.24, 2.45) is 5.41 Å². The molecule has 0 bridgehead atoms. The van der Waals surface area contributed by atoms with E-state index in [1.54, 1.807) is 41.4 Å². The maximum Gasteiger partial charge on any atom is 0.269 e. The third kappa shape index (κ3) is 3.27. The van der Waals surface area contributed by atoms with Gasteiger partial charge in [0.05, 0.1) is 34.5 Å². The standard InChI is InChI=1S/C28H21N5O3/c1-17-8-9-21(18(2)13-17)27(34)26-25(19-5-3-6-20(14-19)33(35)36)28(15-29,16-30)24-11-10-22-23(32(24)26)7-4-12-31-22/h3-14,24-26H,1-2H3/t24-,25+,26-/m1/s1. The molecule has 176 valence electrons. The molecule has 1 fully saturated rings. The second-order valence-electron chi connectivity index (χ2n) is 9.17. The molecule has 2 aromatic carbocycles. The Labute approximate surface area is 207 Å². The Balaban J connectivity index is 1.81. The van der Waals surface area contributed by atoms with Gasteiger partial charge in [0.1, 0.15) is 6.04 Å². The molecule has 0 aliphatic carbocycles. The minimum atomic E-state index is -1.68. The zero-order chi connectivity index (χ0) is 25.6. The molecule has 36 heavy (non-hydrogen) atoms. The van der Waals surface area contributed by atoms with Gasteiger partial charge < -0.3 is 4.90 Å². The van der Waals surface area contributed by atoms with Crippen molar-refractivity contribution in [1.82, 2.24) is 4.98 Å². The zero-order valence-corrected chi connectivity index (χ0v) is 19.6. The summed E-state index contributed by atoms with van der Waals surface area (Å²) in [7, 11) is 0. The van der Waals surface area contributed by atoms with Gasteiger partial charge in [-0.05, 0) is 43.2 Å². The van der Waals surface area contributed by atoms with E-state index in [-0.39, 0.29) is 11.5 Å². The van der Waals surface area contributed by atoms with Crippen molar-refractivity contribution in [3.05, 3.63) is 105 Å². The van der Waals surface area contributed by atoms with E-state index in [1.807, 2.05) is 32.0 Å². The van der Waals surface area contributed by atoms with Crippen molar-refractivity contribution in [1.29, 1.82) is 10.5 Å². The number of Topliss-reactive ketones (excluding diaryl/α,β-unsaturated/α-hetero) is 1. The third-order valence-corrected chi connectivity index (χ3v) is 7.13. The van der Waals surface area contributed by atoms with Gasteiger partial charge in [-0.2, -0.15) is 10.5 Å². The molecule has 8 nitrogen and oxygen atoms in total. The van der Waals surface area contributed by atoms with Crippen molar-refractivity contribution in [3.8, 4) is 12.1 Å². The number of aromatic nitrogens is 1. The van der Waals surface area contributed by atoms with Crippen LogP contribution in [0, 0.1) is 52.0 Å². The summed E-state index contributed by atoms with van der Waals surface area (Å²) in [6.07, 6.45) is 5.14. The van der Waals surface area contributed by atoms with Crippen LogP contribution in [0.5, 0.6) is 0 Å². The van der Waals surface area contributed by atoms with E-state index in [4.69, 9.17) is 0 Å². The fourth-order valence-corrected chi connectivity index (χ4v) is 5.57. The van der Waals surface area contributed by atoms with Crippen LogP contribution in [0.3, 0.4) is 0 Å². The molecule has 3 aromatic rings. The topological polar surface area (TPSA) is 124 Å². The average molecular weight is 476 g/mol. The summed E-state index contributed by atoms with van der Waals surface area (Å²) in [5.41, 5.74) is 2.06. The second-order valence-corrected chi connectivity index (χ2v) is 9.17. The number of hydrogen-bond acceptors (Lipinski definition) is 7. The van der Waals surface area contributed by atoms with Crippen LogP contribution < -0.4 is 4.90 Å². The molecule has 0 unspecified atom stereocenters. The van der Waals surface area contributed by atoms with Gasteiger partial charge in [-0.3, -0.25) is 19.9 Å². The summed E-state index contributed by atoms with van der Waals surface area (Å²) < 4.78 is 0. The fourth-order valence-electron chi connectivity index (χ4n) is 5.57. The Morgan fingerprint density at radius 2 is 1.89 bits per heavy atom. The van der Waals surface area contributed by atoms with E-state index in [0.29, 0.717) is 22.5 Å². The quantitative estimate of drug-likeness (QED) is 0.299. The van der Waals surface area contributed by atoms with Crippen LogP contribution in [0.2, 0.25) is 0 Å². The predicted molar refractivity (Wildman–Crippen MR) is 133 cm³/mol. The third-order valence-electron chi connectivity index (χ3n) is 7.13. The van der Waals surface area contributed by atoms with E-state index in [0.717, 1.165) is 11.1 Å². The van der Waals surface area contributed by atoms with Crippen LogP contribution in [0.15, 0.2) is 66.9 Å². The second kappa shape index (κ2) is 8.44. The first-order valence-electron chi connectivity index (χ1n) is 11.4. The highest BCUT2D eigenvalue weighted by Gasteiger charge is 2.63.